The van der Waals surface area contributed by atoms with Gasteiger partial charge in [-0.25, -0.2) is 9.18 Å². The van der Waals surface area contributed by atoms with Crippen LogP contribution in [-0.4, -0.2) is 52.4 Å². The van der Waals surface area contributed by atoms with Gasteiger partial charge in [-0.2, -0.15) is 0 Å². The van der Waals surface area contributed by atoms with Gasteiger partial charge in [0.15, 0.2) is 0 Å². The molecule has 1 fully saturated rings. The number of fused-ring (bicyclic) bond motifs is 1. The van der Waals surface area contributed by atoms with Crippen LogP contribution in [0.2, 0.25) is 0 Å². The van der Waals surface area contributed by atoms with E-state index >= 15 is 4.39 Å². The second-order valence-electron chi connectivity index (χ2n) is 9.58. The number of benzene rings is 1. The van der Waals surface area contributed by atoms with Gasteiger partial charge in [-0.1, -0.05) is 6.92 Å². The third-order valence-corrected chi connectivity index (χ3v) is 6.17. The number of carbonyl (C=O) groups excluding carboxylic acids is 1. The van der Waals surface area contributed by atoms with E-state index in [1.807, 2.05) is 6.92 Å². The van der Waals surface area contributed by atoms with Crippen LogP contribution in [0.15, 0.2) is 24.4 Å². The second-order valence-corrected chi connectivity index (χ2v) is 9.58. The maximum Gasteiger partial charge on any atom is 0.410 e. The molecule has 1 N–H and O–H groups in total. The van der Waals surface area contributed by atoms with E-state index in [4.69, 9.17) is 9.47 Å². The smallest absolute Gasteiger partial charge is 0.410 e. The molecule has 2 aromatic rings. The molecule has 2 heterocycles. The number of ether oxygens (including phenoxy) is 2. The first kappa shape index (κ1) is 24.7. The number of carboxylic acid groups (broad SMARTS) is 1. The van der Waals surface area contributed by atoms with Crippen molar-refractivity contribution in [2.24, 2.45) is 5.92 Å². The quantitative estimate of drug-likeness (QED) is 0.624. The molecule has 180 valence electrons. The van der Waals surface area contributed by atoms with Crippen molar-refractivity contribution in [2.75, 3.05) is 13.7 Å². The van der Waals surface area contributed by atoms with Gasteiger partial charge in [0.05, 0.1) is 25.2 Å². The van der Waals surface area contributed by atoms with Gasteiger partial charge in [0, 0.05) is 29.5 Å². The van der Waals surface area contributed by atoms with Crippen molar-refractivity contribution in [2.45, 2.75) is 70.9 Å². The van der Waals surface area contributed by atoms with Crippen LogP contribution in [-0.2, 0) is 9.53 Å². The molecule has 1 aliphatic heterocycles. The summed E-state index contributed by atoms with van der Waals surface area (Å²) in [6, 6.07) is 4.75. The molecule has 1 aromatic heterocycles. The minimum atomic E-state index is -0.937. The number of halogens is 1. The molecule has 0 saturated carbocycles. The molecule has 8 heteroatoms. The summed E-state index contributed by atoms with van der Waals surface area (Å²) in [5, 5.41) is 10.2. The van der Waals surface area contributed by atoms with E-state index < -0.39 is 35.4 Å². The number of nitrogens with zero attached hydrogens (tertiary/aromatic N) is 2. The SMILES string of the molecule is CCC(c1c(F)cnc2ccc(OC)cc12)C1C(CC(=O)O)CCCN1C(=O)OC(C)(C)C. The average Bonchev–Trinajstić information content (AvgIpc) is 2.74. The molecular weight excluding hydrogens is 427 g/mol. The molecule has 1 saturated heterocycles. The zero-order valence-electron chi connectivity index (χ0n) is 19.9. The lowest BCUT2D eigenvalue weighted by atomic mass is 9.75. The molecule has 3 unspecified atom stereocenters. The fourth-order valence-electron chi connectivity index (χ4n) is 4.91. The minimum absolute atomic E-state index is 0.103. The highest BCUT2D eigenvalue weighted by atomic mass is 19.1. The van der Waals surface area contributed by atoms with Gasteiger partial charge in [-0.3, -0.25) is 9.78 Å². The molecule has 0 aliphatic carbocycles. The number of carboxylic acids is 1. The minimum Gasteiger partial charge on any atom is -0.497 e. The third-order valence-electron chi connectivity index (χ3n) is 6.17. The van der Waals surface area contributed by atoms with Crippen molar-refractivity contribution < 1.29 is 28.6 Å². The number of rotatable bonds is 6. The summed E-state index contributed by atoms with van der Waals surface area (Å²) in [5.74, 6) is -1.62. The van der Waals surface area contributed by atoms with E-state index in [1.54, 1.807) is 51.0 Å². The van der Waals surface area contributed by atoms with Crippen LogP contribution in [0.3, 0.4) is 0 Å². The first-order valence-corrected chi connectivity index (χ1v) is 11.4. The predicted molar refractivity (Wildman–Crippen MR) is 123 cm³/mol. The summed E-state index contributed by atoms with van der Waals surface area (Å²) < 4.78 is 26.4. The highest BCUT2D eigenvalue weighted by Crippen LogP contribution is 2.42. The average molecular weight is 461 g/mol. The molecular formula is C25H33FN2O5. The van der Waals surface area contributed by atoms with E-state index in [0.717, 1.165) is 0 Å². The Morgan fingerprint density at radius 2 is 2.06 bits per heavy atom. The monoisotopic (exact) mass is 460 g/mol. The van der Waals surface area contributed by atoms with Crippen LogP contribution in [0.1, 0.15) is 64.9 Å². The topological polar surface area (TPSA) is 89.0 Å². The number of hydrogen-bond acceptors (Lipinski definition) is 5. The van der Waals surface area contributed by atoms with Crippen LogP contribution >= 0.6 is 0 Å². The van der Waals surface area contributed by atoms with Crippen molar-refractivity contribution in [3.05, 3.63) is 35.8 Å². The lowest BCUT2D eigenvalue weighted by molar-refractivity contribution is -0.139. The molecule has 7 nitrogen and oxygen atoms in total. The van der Waals surface area contributed by atoms with Gasteiger partial charge in [0.25, 0.3) is 0 Å². The summed E-state index contributed by atoms with van der Waals surface area (Å²) >= 11 is 0. The van der Waals surface area contributed by atoms with Crippen LogP contribution in [0.4, 0.5) is 9.18 Å². The zero-order chi connectivity index (χ0) is 24.3. The number of pyridine rings is 1. The van der Waals surface area contributed by atoms with Gasteiger partial charge < -0.3 is 19.5 Å². The number of likely N-dealkylation sites (tertiary alicyclic amines) is 1. The van der Waals surface area contributed by atoms with Crippen LogP contribution in [0.25, 0.3) is 10.9 Å². The van der Waals surface area contributed by atoms with Crippen LogP contribution < -0.4 is 4.74 Å². The number of aliphatic carboxylic acids is 1. The summed E-state index contributed by atoms with van der Waals surface area (Å²) in [7, 11) is 1.54. The van der Waals surface area contributed by atoms with Crippen LogP contribution in [0.5, 0.6) is 5.75 Å². The van der Waals surface area contributed by atoms with Crippen molar-refractivity contribution in [3.8, 4) is 5.75 Å². The fraction of sp³-hybridized carbons (Fsp3) is 0.560. The van der Waals surface area contributed by atoms with Gasteiger partial charge in [0.1, 0.15) is 17.2 Å². The number of piperidine rings is 1. The lowest BCUT2D eigenvalue weighted by Gasteiger charge is -2.45. The van der Waals surface area contributed by atoms with E-state index in [1.165, 1.54) is 6.20 Å². The Bertz CT molecular complexity index is 1020. The summed E-state index contributed by atoms with van der Waals surface area (Å²) in [4.78, 5) is 30.7. The first-order chi connectivity index (χ1) is 15.6. The van der Waals surface area contributed by atoms with Gasteiger partial charge in [0.2, 0.25) is 0 Å². The lowest BCUT2D eigenvalue weighted by Crippen LogP contribution is -2.53. The molecule has 3 atom stereocenters. The Morgan fingerprint density at radius 1 is 1.33 bits per heavy atom. The molecule has 1 amide bonds. The van der Waals surface area contributed by atoms with Gasteiger partial charge in [-0.05, 0) is 64.2 Å². The Morgan fingerprint density at radius 3 is 2.67 bits per heavy atom. The Hall–Kier alpha value is -2.90. The van der Waals surface area contributed by atoms with Crippen molar-refractivity contribution in [1.29, 1.82) is 0 Å². The number of hydrogen-bond donors (Lipinski definition) is 1. The Balaban J connectivity index is 2.16. The van der Waals surface area contributed by atoms with Gasteiger partial charge in [-0.15, -0.1) is 0 Å². The number of aromatic nitrogens is 1. The standard InChI is InChI=1S/C25H33FN2O5/c1-6-17(22-18-13-16(32-5)9-10-20(18)27-14-19(22)26)23-15(12-21(29)30)8-7-11-28(23)24(31)33-25(2,3)4/h9-10,13-15,17,23H,6-8,11-12H2,1-5H3,(H,29,30). The van der Waals surface area contributed by atoms with Crippen molar-refractivity contribution in [1.82, 2.24) is 9.88 Å². The molecule has 33 heavy (non-hydrogen) atoms. The highest BCUT2D eigenvalue weighted by Gasteiger charge is 2.43. The Kier molecular flexibility index (Phi) is 7.44. The van der Waals surface area contributed by atoms with Gasteiger partial charge >= 0.3 is 12.1 Å². The van der Waals surface area contributed by atoms with E-state index in [2.05, 4.69) is 4.98 Å². The molecule has 1 aliphatic rings. The maximum atomic E-state index is 15.4. The van der Waals surface area contributed by atoms with Crippen molar-refractivity contribution in [3.63, 3.8) is 0 Å². The van der Waals surface area contributed by atoms with Crippen LogP contribution in [0, 0.1) is 11.7 Å². The Labute approximate surface area is 193 Å². The zero-order valence-corrected chi connectivity index (χ0v) is 19.9. The molecule has 0 spiro atoms. The second kappa shape index (κ2) is 9.93. The van der Waals surface area contributed by atoms with E-state index in [9.17, 15) is 14.7 Å². The van der Waals surface area contributed by atoms with E-state index in [0.29, 0.717) is 48.0 Å². The predicted octanol–water partition coefficient (Wildman–Crippen LogP) is 5.37. The molecule has 0 radical (unpaired) electrons. The first-order valence-electron chi connectivity index (χ1n) is 11.4. The normalized spacial score (nSPS) is 19.9. The number of amides is 1. The largest absolute Gasteiger partial charge is 0.497 e. The summed E-state index contributed by atoms with van der Waals surface area (Å²) in [5.41, 5.74) is 0.336. The maximum absolute atomic E-state index is 15.4. The summed E-state index contributed by atoms with van der Waals surface area (Å²) in [6.45, 7) is 7.73. The molecule has 0 bridgehead atoms. The molecule has 3 rings (SSSR count). The highest BCUT2D eigenvalue weighted by molar-refractivity contribution is 5.84. The van der Waals surface area contributed by atoms with Crippen molar-refractivity contribution >= 4 is 23.0 Å². The number of methoxy groups -OCH3 is 1. The fourth-order valence-corrected chi connectivity index (χ4v) is 4.91. The number of carbonyl (C=O) groups is 2. The van der Waals surface area contributed by atoms with E-state index in [-0.39, 0.29) is 12.3 Å². The molecule has 1 aromatic carbocycles. The summed E-state index contributed by atoms with van der Waals surface area (Å²) in [6.07, 6.45) is 2.40. The third kappa shape index (κ3) is 5.54.